The van der Waals surface area contributed by atoms with Crippen LogP contribution in [0.15, 0.2) is 0 Å². The summed E-state index contributed by atoms with van der Waals surface area (Å²) in [6, 6.07) is 0. The zero-order chi connectivity index (χ0) is 20.8. The van der Waals surface area contributed by atoms with Gasteiger partial charge in [0.2, 0.25) is 5.82 Å². The first-order valence-corrected chi connectivity index (χ1v) is 9.36. The molecule has 1 unspecified atom stereocenters. The van der Waals surface area contributed by atoms with Gasteiger partial charge in [-0.3, -0.25) is 5.79 Å². The van der Waals surface area contributed by atoms with Crippen LogP contribution in [0.3, 0.4) is 0 Å². The second-order valence-corrected chi connectivity index (χ2v) is 7.86. The number of rotatable bonds is 4. The molecule has 1 atom stereocenters. The van der Waals surface area contributed by atoms with Crippen molar-refractivity contribution in [1.82, 2.24) is 0 Å². The van der Waals surface area contributed by atoms with Gasteiger partial charge >= 0.3 is 0 Å². The van der Waals surface area contributed by atoms with Crippen molar-refractivity contribution in [2.24, 2.45) is 0 Å². The zero-order valence-corrected chi connectivity index (χ0v) is 15.3. The van der Waals surface area contributed by atoms with Gasteiger partial charge in [0.1, 0.15) is 0 Å². The van der Waals surface area contributed by atoms with E-state index < -0.39 is 88.5 Å². The molecule has 0 saturated heterocycles. The molecule has 0 heterocycles. The first-order valence-electron chi connectivity index (χ1n) is 7.63. The van der Waals surface area contributed by atoms with E-state index in [1.165, 1.54) is 19.6 Å². The first-order chi connectivity index (χ1) is 12.4. The Bertz CT molecular complexity index is 891. The molecule has 2 radical (unpaired) electrons. The summed E-state index contributed by atoms with van der Waals surface area (Å²) in [7, 11) is 0. The lowest BCUT2D eigenvalue weighted by atomic mass is 9.87. The van der Waals surface area contributed by atoms with Gasteiger partial charge in [-0.2, -0.15) is 0 Å². The van der Waals surface area contributed by atoms with Crippen LogP contribution in [-0.4, -0.2) is 15.2 Å². The van der Waals surface area contributed by atoms with Crippen molar-refractivity contribution in [1.29, 1.82) is 0 Å². The predicted octanol–water partition coefficient (Wildman–Crippen LogP) is 5.98. The minimum atomic E-state index is -2.52. The summed E-state index contributed by atoms with van der Waals surface area (Å²) in [5.41, 5.74) is -4.33. The Morgan fingerprint density at radius 3 is 1.30 bits per heavy atom. The fourth-order valence-electron chi connectivity index (χ4n) is 2.75. The SMILES string of the molecule is CC[C](C)([Al-][CH3])c1c(F)c(F)c(F)c(F)c1-c1c(F)c(F)c(F)c(F)c1F. The second-order valence-electron chi connectivity index (χ2n) is 6.01. The van der Waals surface area contributed by atoms with Crippen LogP contribution in [0.1, 0.15) is 25.8 Å². The molecule has 0 fully saturated rings. The minimum Gasteiger partial charge on any atom is -0.270 e. The summed E-state index contributed by atoms with van der Waals surface area (Å²) in [6.07, 6.45) is 0.00264. The molecule has 0 spiro atoms. The lowest BCUT2D eigenvalue weighted by Gasteiger charge is -2.42. The summed E-state index contributed by atoms with van der Waals surface area (Å²) >= 11 is -0.861. The normalized spacial score (nSPS) is 13.8. The van der Waals surface area contributed by atoms with E-state index in [1.54, 1.807) is 0 Å². The van der Waals surface area contributed by atoms with E-state index in [0.717, 1.165) is 0 Å². The molecule has 10 heteroatoms. The Morgan fingerprint density at radius 1 is 0.593 bits per heavy atom. The third-order valence-corrected chi connectivity index (χ3v) is 6.64. The van der Waals surface area contributed by atoms with E-state index >= 15 is 0 Å². The maximum atomic E-state index is 14.5. The van der Waals surface area contributed by atoms with Crippen LogP contribution in [0.25, 0.3) is 11.1 Å². The number of hydrogen-bond donors (Lipinski definition) is 0. The van der Waals surface area contributed by atoms with Gasteiger partial charge in [-0.25, -0.2) is 59.0 Å². The maximum absolute atomic E-state index is 14.5. The van der Waals surface area contributed by atoms with Crippen molar-refractivity contribution in [3.05, 3.63) is 57.9 Å². The number of hydrogen-bond acceptors (Lipinski definition) is 0. The smallest absolute Gasteiger partial charge is 0.200 e. The van der Waals surface area contributed by atoms with Gasteiger partial charge < -0.3 is 0 Å². The molecule has 2 aromatic rings. The number of halogens is 9. The third-order valence-electron chi connectivity index (χ3n) is 4.67. The molecule has 0 aliphatic heterocycles. The van der Waals surface area contributed by atoms with E-state index in [2.05, 4.69) is 0 Å². The lowest BCUT2D eigenvalue weighted by Crippen LogP contribution is -2.31. The molecule has 0 aliphatic carbocycles. The highest BCUT2D eigenvalue weighted by molar-refractivity contribution is 6.38. The Balaban J connectivity index is 3.17. The van der Waals surface area contributed by atoms with Gasteiger partial charge in [0.15, 0.2) is 46.5 Å². The fourth-order valence-corrected chi connectivity index (χ4v) is 3.72. The van der Waals surface area contributed by atoms with Crippen molar-refractivity contribution >= 4 is 15.2 Å². The summed E-state index contributed by atoms with van der Waals surface area (Å²) in [5.74, 6) is -19.6. The molecule has 2 rings (SSSR count). The molecule has 0 aromatic heterocycles. The minimum absolute atomic E-state index is 0.00264. The van der Waals surface area contributed by atoms with Crippen LogP contribution < -0.4 is 0 Å². The van der Waals surface area contributed by atoms with Crippen LogP contribution in [0.5, 0.6) is 0 Å². The number of benzene rings is 2. The van der Waals surface area contributed by atoms with Gasteiger partial charge in [-0.15, -0.1) is 0 Å². The quantitative estimate of drug-likeness (QED) is 0.250. The highest BCUT2D eigenvalue weighted by Gasteiger charge is 2.36. The van der Waals surface area contributed by atoms with Gasteiger partial charge in [0, 0.05) is 5.56 Å². The zero-order valence-electron chi connectivity index (χ0n) is 14.2. The highest BCUT2D eigenvalue weighted by Crippen LogP contribution is 2.43. The molecule has 0 saturated carbocycles. The summed E-state index contributed by atoms with van der Waals surface area (Å²) < 4.78 is 124. The maximum Gasteiger partial charge on any atom is 0.200 e. The molecule has 2 aromatic carbocycles. The van der Waals surface area contributed by atoms with Gasteiger partial charge in [-0.05, 0) is 5.56 Å². The fraction of sp³-hybridized carbons (Fsp3) is 0.294. The van der Waals surface area contributed by atoms with Gasteiger partial charge in [0.25, 0.3) is 0 Å². The predicted molar refractivity (Wildman–Crippen MR) is 80.8 cm³/mol. The molecule has 0 nitrogen and oxygen atoms in total. The van der Waals surface area contributed by atoms with Crippen molar-refractivity contribution in [3.63, 3.8) is 0 Å². The van der Waals surface area contributed by atoms with Crippen molar-refractivity contribution < 1.29 is 39.5 Å². The molecule has 27 heavy (non-hydrogen) atoms. The van der Waals surface area contributed by atoms with Crippen LogP contribution >= 0.6 is 0 Å². The molecule has 0 amide bonds. The molecule has 0 aliphatic rings. The second kappa shape index (κ2) is 7.40. The monoisotopic (exact) mass is 413 g/mol. The summed E-state index contributed by atoms with van der Waals surface area (Å²) in [5, 5.41) is 0. The largest absolute Gasteiger partial charge is 0.270 e. The highest BCUT2D eigenvalue weighted by atomic mass is 27.1. The molecule has 0 N–H and O–H groups in total. The van der Waals surface area contributed by atoms with Crippen LogP contribution in [0.2, 0.25) is 5.79 Å². The molecular formula is C17H11AlF9-. The summed E-state index contributed by atoms with van der Waals surface area (Å²) in [6.45, 7) is 2.77. The van der Waals surface area contributed by atoms with Crippen molar-refractivity contribution in [2.45, 2.75) is 30.3 Å². The van der Waals surface area contributed by atoms with Gasteiger partial charge in [0.05, 0.1) is 5.56 Å². The average molecular weight is 413 g/mol. The molecule has 0 bridgehead atoms. The lowest BCUT2D eigenvalue weighted by molar-refractivity contribution is 0.377. The third kappa shape index (κ3) is 3.13. The standard InChI is InChI=1S/C16H8F9.CH3.Al/c1-3-4(2)5-6(9(18)13(22)12(21)8(5)17)7-10(19)14(23)16(25)15(24)11(7)20;;/h3H2,1-2H3;1H3;/q;;-1. The Morgan fingerprint density at radius 2 is 0.926 bits per heavy atom. The molecule has 146 valence electrons. The Hall–Kier alpha value is -1.66. The van der Waals surface area contributed by atoms with E-state index in [4.69, 9.17) is 0 Å². The van der Waals surface area contributed by atoms with Crippen molar-refractivity contribution in [2.75, 3.05) is 0 Å². The first kappa shape index (κ1) is 21.6. The molecular weight excluding hydrogens is 402 g/mol. The van der Waals surface area contributed by atoms with E-state index in [-0.39, 0.29) is 6.42 Å². The summed E-state index contributed by atoms with van der Waals surface area (Å²) in [4.78, 5) is 0. The Labute approximate surface area is 154 Å². The van der Waals surface area contributed by atoms with E-state index in [1.807, 2.05) is 0 Å². The van der Waals surface area contributed by atoms with Crippen molar-refractivity contribution in [3.8, 4) is 11.1 Å². The topological polar surface area (TPSA) is 0 Å². The van der Waals surface area contributed by atoms with Crippen LogP contribution in [-0.2, 0) is 4.28 Å². The average Bonchev–Trinajstić information content (AvgIpc) is 2.66. The van der Waals surface area contributed by atoms with E-state index in [9.17, 15) is 39.5 Å². The van der Waals surface area contributed by atoms with Crippen LogP contribution in [0.4, 0.5) is 39.5 Å². The van der Waals surface area contributed by atoms with E-state index in [0.29, 0.717) is 0 Å². The van der Waals surface area contributed by atoms with Gasteiger partial charge in [-0.1, -0.05) is 20.3 Å². The van der Waals surface area contributed by atoms with Crippen LogP contribution in [0, 0.1) is 52.4 Å². The Kier molecular flexibility index (Phi) is 5.93.